The molecule has 3 heterocycles. The van der Waals surface area contributed by atoms with Crippen LogP contribution in [0.4, 0.5) is 0 Å². The fraction of sp³-hybridized carbons (Fsp3) is 0.200. The van der Waals surface area contributed by atoms with E-state index in [1.54, 1.807) is 10.9 Å². The van der Waals surface area contributed by atoms with Gasteiger partial charge in [-0.25, -0.2) is 9.67 Å². The molecular weight excluding hydrogens is 252 g/mol. The van der Waals surface area contributed by atoms with Crippen LogP contribution in [0.3, 0.4) is 0 Å². The molecule has 0 aliphatic carbocycles. The Balaban J connectivity index is 1.96. The molecule has 0 fully saturated rings. The summed E-state index contributed by atoms with van der Waals surface area (Å²) in [7, 11) is 0. The SMILES string of the molecule is NCc1cn(Cc2nc3ccsc3c(=O)[nH]2)nn1. The van der Waals surface area contributed by atoms with E-state index in [1.165, 1.54) is 11.3 Å². The summed E-state index contributed by atoms with van der Waals surface area (Å²) in [5.74, 6) is 0.555. The van der Waals surface area contributed by atoms with Crippen LogP contribution in [0, 0.1) is 0 Å². The summed E-state index contributed by atoms with van der Waals surface area (Å²) in [6.07, 6.45) is 1.73. The molecule has 0 aliphatic rings. The summed E-state index contributed by atoms with van der Waals surface area (Å²) in [6.45, 7) is 0.710. The minimum atomic E-state index is -0.121. The van der Waals surface area contributed by atoms with E-state index in [9.17, 15) is 4.79 Å². The lowest BCUT2D eigenvalue weighted by Gasteiger charge is -2.00. The smallest absolute Gasteiger partial charge is 0.268 e. The molecule has 3 aromatic heterocycles. The molecule has 0 aromatic carbocycles. The summed E-state index contributed by atoms with van der Waals surface area (Å²) in [6, 6.07) is 1.82. The number of fused-ring (bicyclic) bond motifs is 1. The van der Waals surface area contributed by atoms with Crippen LogP contribution >= 0.6 is 11.3 Å². The Kier molecular flexibility index (Phi) is 2.65. The third kappa shape index (κ3) is 1.91. The Morgan fingerprint density at radius 3 is 3.17 bits per heavy atom. The van der Waals surface area contributed by atoms with Crippen molar-refractivity contribution in [2.75, 3.05) is 0 Å². The van der Waals surface area contributed by atoms with Gasteiger partial charge in [0.1, 0.15) is 17.1 Å². The van der Waals surface area contributed by atoms with Crippen molar-refractivity contribution in [2.24, 2.45) is 5.73 Å². The molecule has 0 saturated heterocycles. The number of nitrogens with one attached hydrogen (secondary N) is 1. The summed E-state index contributed by atoms with van der Waals surface area (Å²) >= 11 is 1.38. The fourth-order valence-corrected chi connectivity index (χ4v) is 2.38. The molecule has 18 heavy (non-hydrogen) atoms. The van der Waals surface area contributed by atoms with Gasteiger partial charge in [0.15, 0.2) is 0 Å². The zero-order chi connectivity index (χ0) is 12.5. The number of hydrogen-bond acceptors (Lipinski definition) is 6. The number of hydrogen-bond donors (Lipinski definition) is 2. The van der Waals surface area contributed by atoms with E-state index in [4.69, 9.17) is 5.73 Å². The van der Waals surface area contributed by atoms with Gasteiger partial charge in [-0.2, -0.15) is 0 Å². The first-order valence-electron chi connectivity index (χ1n) is 5.32. The first kappa shape index (κ1) is 11.1. The van der Waals surface area contributed by atoms with Crippen LogP contribution in [0.25, 0.3) is 10.2 Å². The predicted octanol–water partition coefficient (Wildman–Crippen LogP) is 0.0831. The zero-order valence-electron chi connectivity index (χ0n) is 9.33. The van der Waals surface area contributed by atoms with Gasteiger partial charge in [0.2, 0.25) is 0 Å². The molecule has 0 spiro atoms. The first-order valence-corrected chi connectivity index (χ1v) is 6.19. The molecule has 8 heteroatoms. The highest BCUT2D eigenvalue weighted by molar-refractivity contribution is 7.17. The van der Waals surface area contributed by atoms with Crippen LogP contribution in [0.2, 0.25) is 0 Å². The maximum Gasteiger partial charge on any atom is 0.268 e. The number of rotatable bonds is 3. The number of H-pyrrole nitrogens is 1. The van der Waals surface area contributed by atoms with Crippen molar-refractivity contribution >= 4 is 21.6 Å². The van der Waals surface area contributed by atoms with Crippen LogP contribution in [0.5, 0.6) is 0 Å². The quantitative estimate of drug-likeness (QED) is 0.696. The van der Waals surface area contributed by atoms with Gasteiger partial charge < -0.3 is 10.7 Å². The summed E-state index contributed by atoms with van der Waals surface area (Å²) < 4.78 is 2.23. The van der Waals surface area contributed by atoms with E-state index in [2.05, 4.69) is 20.3 Å². The van der Waals surface area contributed by atoms with Gasteiger partial charge in [-0.15, -0.1) is 16.4 Å². The number of aromatic nitrogens is 5. The Bertz CT molecular complexity index is 742. The second-order valence-corrected chi connectivity index (χ2v) is 4.68. The van der Waals surface area contributed by atoms with Gasteiger partial charge in [0, 0.05) is 6.54 Å². The Labute approximate surface area is 105 Å². The van der Waals surface area contributed by atoms with Gasteiger partial charge in [0.25, 0.3) is 5.56 Å². The Hall–Kier alpha value is -2.06. The monoisotopic (exact) mass is 262 g/mol. The van der Waals surface area contributed by atoms with Crippen LogP contribution in [0.1, 0.15) is 11.5 Å². The molecule has 0 aliphatic heterocycles. The lowest BCUT2D eigenvalue weighted by Crippen LogP contribution is -2.13. The molecule has 7 nitrogen and oxygen atoms in total. The molecule has 0 radical (unpaired) electrons. The Morgan fingerprint density at radius 1 is 1.50 bits per heavy atom. The highest BCUT2D eigenvalue weighted by atomic mass is 32.1. The average molecular weight is 262 g/mol. The van der Waals surface area contributed by atoms with Gasteiger partial charge in [0.05, 0.1) is 17.4 Å². The first-order chi connectivity index (χ1) is 8.76. The second-order valence-electron chi connectivity index (χ2n) is 3.76. The van der Waals surface area contributed by atoms with E-state index in [0.29, 0.717) is 34.8 Å². The maximum absolute atomic E-state index is 11.8. The Morgan fingerprint density at radius 2 is 2.39 bits per heavy atom. The molecule has 0 bridgehead atoms. The standard InChI is InChI=1S/C10H10N6OS/c11-3-6-4-16(15-14-6)5-8-12-7-1-2-18-9(7)10(17)13-8/h1-2,4H,3,5,11H2,(H,12,13,17). The van der Waals surface area contributed by atoms with E-state index >= 15 is 0 Å². The van der Waals surface area contributed by atoms with Gasteiger partial charge in [-0.05, 0) is 11.4 Å². The van der Waals surface area contributed by atoms with E-state index in [0.717, 1.165) is 0 Å². The average Bonchev–Trinajstić information content (AvgIpc) is 2.97. The molecule has 3 aromatic rings. The van der Waals surface area contributed by atoms with Crippen molar-refractivity contribution in [3.05, 3.63) is 39.5 Å². The second kappa shape index (κ2) is 4.31. The molecule has 0 saturated carbocycles. The molecule has 3 N–H and O–H groups in total. The number of aromatic amines is 1. The summed E-state index contributed by atoms with van der Waals surface area (Å²) in [4.78, 5) is 18.9. The van der Waals surface area contributed by atoms with Crippen molar-refractivity contribution < 1.29 is 0 Å². The van der Waals surface area contributed by atoms with Gasteiger partial charge in [-0.1, -0.05) is 5.21 Å². The highest BCUT2D eigenvalue weighted by Gasteiger charge is 2.06. The summed E-state index contributed by atoms with van der Waals surface area (Å²) in [5.41, 5.74) is 6.74. The summed E-state index contributed by atoms with van der Waals surface area (Å²) in [5, 5.41) is 9.63. The van der Waals surface area contributed by atoms with E-state index in [-0.39, 0.29) is 5.56 Å². The largest absolute Gasteiger partial charge is 0.325 e. The van der Waals surface area contributed by atoms with Gasteiger partial charge >= 0.3 is 0 Å². The number of nitrogens with zero attached hydrogens (tertiary/aromatic N) is 4. The van der Waals surface area contributed by atoms with Crippen molar-refractivity contribution in [1.29, 1.82) is 0 Å². The molecule has 0 amide bonds. The third-order valence-electron chi connectivity index (χ3n) is 2.47. The topological polar surface area (TPSA) is 102 Å². The predicted molar refractivity (Wildman–Crippen MR) is 67.3 cm³/mol. The molecule has 3 rings (SSSR count). The van der Waals surface area contributed by atoms with Crippen LogP contribution in [-0.2, 0) is 13.1 Å². The molecule has 0 atom stereocenters. The van der Waals surface area contributed by atoms with Crippen molar-refractivity contribution in [1.82, 2.24) is 25.0 Å². The van der Waals surface area contributed by atoms with Crippen molar-refractivity contribution in [3.63, 3.8) is 0 Å². The minimum Gasteiger partial charge on any atom is -0.325 e. The highest BCUT2D eigenvalue weighted by Crippen LogP contribution is 2.13. The minimum absolute atomic E-state index is 0.121. The normalized spacial score (nSPS) is 11.2. The third-order valence-corrected chi connectivity index (χ3v) is 3.37. The van der Waals surface area contributed by atoms with Crippen LogP contribution in [0.15, 0.2) is 22.4 Å². The van der Waals surface area contributed by atoms with Crippen molar-refractivity contribution in [2.45, 2.75) is 13.1 Å². The zero-order valence-corrected chi connectivity index (χ0v) is 10.1. The number of thiophene rings is 1. The number of nitrogens with two attached hydrogens (primary N) is 1. The van der Waals surface area contributed by atoms with Gasteiger partial charge in [-0.3, -0.25) is 4.79 Å². The van der Waals surface area contributed by atoms with E-state index < -0.39 is 0 Å². The van der Waals surface area contributed by atoms with Crippen molar-refractivity contribution in [3.8, 4) is 0 Å². The van der Waals surface area contributed by atoms with Crippen LogP contribution < -0.4 is 11.3 Å². The lowest BCUT2D eigenvalue weighted by molar-refractivity contribution is 0.625. The lowest BCUT2D eigenvalue weighted by atomic mass is 10.4. The molecular formula is C10H10N6OS. The maximum atomic E-state index is 11.8. The molecule has 0 unspecified atom stereocenters. The van der Waals surface area contributed by atoms with Crippen LogP contribution in [-0.4, -0.2) is 25.0 Å². The molecule has 92 valence electrons. The van der Waals surface area contributed by atoms with E-state index in [1.807, 2.05) is 11.4 Å². The fourth-order valence-electron chi connectivity index (χ4n) is 1.66.